The van der Waals surface area contributed by atoms with Crippen LogP contribution in [-0.2, 0) is 18.1 Å². The predicted octanol–water partition coefficient (Wildman–Crippen LogP) is 1.60. The van der Waals surface area contributed by atoms with Gasteiger partial charge in [0.1, 0.15) is 0 Å². The molecule has 0 aliphatic carbocycles. The van der Waals surface area contributed by atoms with Crippen LogP contribution in [0.5, 0.6) is 0 Å². The van der Waals surface area contributed by atoms with Crippen molar-refractivity contribution in [2.75, 3.05) is 6.61 Å². The Morgan fingerprint density at radius 3 is 2.67 bits per heavy atom. The van der Waals surface area contributed by atoms with Gasteiger partial charge in [0.15, 0.2) is 6.73 Å². The molecule has 0 unspecified atom stereocenters. The van der Waals surface area contributed by atoms with Gasteiger partial charge in [-0.05, 0) is 11.0 Å². The molecule has 0 bridgehead atoms. The maximum atomic E-state index is 10.6. The van der Waals surface area contributed by atoms with E-state index >= 15 is 0 Å². The number of aliphatic hydroxyl groups excluding tert-OH is 1. The molecule has 18 heavy (non-hydrogen) atoms. The first-order valence-electron chi connectivity index (χ1n) is 5.73. The summed E-state index contributed by atoms with van der Waals surface area (Å²) in [5, 5.41) is 23.4. The molecule has 1 heterocycles. The van der Waals surface area contributed by atoms with Crippen molar-refractivity contribution in [1.82, 2.24) is 9.78 Å². The highest BCUT2D eigenvalue weighted by Gasteiger charge is 2.20. The van der Waals surface area contributed by atoms with Crippen molar-refractivity contribution in [2.24, 2.45) is 0 Å². The summed E-state index contributed by atoms with van der Waals surface area (Å²) in [6, 6.07) is 1.03. The highest BCUT2D eigenvalue weighted by Crippen LogP contribution is 2.15. The lowest BCUT2D eigenvalue weighted by molar-refractivity contribution is -0.390. The second-order valence-electron chi connectivity index (χ2n) is 5.28. The third kappa shape index (κ3) is 4.55. The standard InChI is InChI=1S/C10H19N3O4Si/c1-18(2,3)5-4-17-8-12-6-9(7-14)10(11-12)13(15)16/h6,14H,4-5,7-8H2,1-3H3. The molecule has 102 valence electrons. The minimum atomic E-state index is -1.13. The van der Waals surface area contributed by atoms with Crippen molar-refractivity contribution >= 4 is 13.9 Å². The Hall–Kier alpha value is -1.25. The molecule has 0 saturated carbocycles. The number of rotatable bonds is 7. The summed E-state index contributed by atoms with van der Waals surface area (Å²) >= 11 is 0. The Labute approximate surface area is 107 Å². The van der Waals surface area contributed by atoms with Crippen LogP contribution in [0.25, 0.3) is 0 Å². The number of aromatic nitrogens is 2. The Balaban J connectivity index is 2.51. The first-order valence-corrected chi connectivity index (χ1v) is 9.43. The van der Waals surface area contributed by atoms with Gasteiger partial charge in [0, 0.05) is 14.7 Å². The molecule has 0 aromatic carbocycles. The van der Waals surface area contributed by atoms with Gasteiger partial charge in [-0.3, -0.25) is 0 Å². The minimum absolute atomic E-state index is 0.172. The first kappa shape index (κ1) is 14.8. The van der Waals surface area contributed by atoms with E-state index in [0.717, 1.165) is 6.04 Å². The molecule has 8 heteroatoms. The van der Waals surface area contributed by atoms with Crippen LogP contribution >= 0.6 is 0 Å². The van der Waals surface area contributed by atoms with Gasteiger partial charge in [0.05, 0.1) is 23.5 Å². The van der Waals surface area contributed by atoms with Crippen molar-refractivity contribution in [3.63, 3.8) is 0 Å². The summed E-state index contributed by atoms with van der Waals surface area (Å²) < 4.78 is 6.76. The molecule has 0 aliphatic heterocycles. The van der Waals surface area contributed by atoms with E-state index in [4.69, 9.17) is 9.84 Å². The normalized spacial score (nSPS) is 11.8. The predicted molar refractivity (Wildman–Crippen MR) is 68.9 cm³/mol. The molecule has 1 N–H and O–H groups in total. The molecule has 0 fully saturated rings. The zero-order valence-corrected chi connectivity index (χ0v) is 11.9. The summed E-state index contributed by atoms with van der Waals surface area (Å²) in [6.07, 6.45) is 1.44. The summed E-state index contributed by atoms with van der Waals surface area (Å²) in [7, 11) is -1.13. The third-order valence-electron chi connectivity index (χ3n) is 2.38. The molecular formula is C10H19N3O4Si. The zero-order valence-electron chi connectivity index (χ0n) is 10.9. The molecule has 1 aromatic rings. The van der Waals surface area contributed by atoms with E-state index in [9.17, 15) is 10.1 Å². The molecule has 0 atom stereocenters. The number of aliphatic hydroxyl groups is 1. The molecule has 0 spiro atoms. The molecular weight excluding hydrogens is 254 g/mol. The van der Waals surface area contributed by atoms with Crippen LogP contribution in [0.3, 0.4) is 0 Å². The maximum absolute atomic E-state index is 10.6. The van der Waals surface area contributed by atoms with E-state index in [1.807, 2.05) is 0 Å². The molecule has 1 aromatic heterocycles. The zero-order chi connectivity index (χ0) is 13.8. The summed E-state index contributed by atoms with van der Waals surface area (Å²) in [5.74, 6) is -0.314. The summed E-state index contributed by atoms with van der Waals surface area (Å²) in [6.45, 7) is 7.14. The monoisotopic (exact) mass is 273 g/mol. The molecule has 0 aliphatic rings. The van der Waals surface area contributed by atoms with Crippen LogP contribution in [0.2, 0.25) is 25.7 Å². The van der Waals surface area contributed by atoms with E-state index in [0.29, 0.717) is 6.61 Å². The highest BCUT2D eigenvalue weighted by molar-refractivity contribution is 6.76. The van der Waals surface area contributed by atoms with Gasteiger partial charge in [-0.15, -0.1) is 0 Å². The Morgan fingerprint density at radius 1 is 1.56 bits per heavy atom. The quantitative estimate of drug-likeness (QED) is 0.352. The van der Waals surface area contributed by atoms with Gasteiger partial charge < -0.3 is 20.0 Å². The summed E-state index contributed by atoms with van der Waals surface area (Å²) in [4.78, 5) is 10.0. The van der Waals surface area contributed by atoms with E-state index in [1.54, 1.807) is 0 Å². The number of nitro groups is 1. The van der Waals surface area contributed by atoms with Crippen LogP contribution in [0.4, 0.5) is 5.82 Å². The fourth-order valence-corrected chi connectivity index (χ4v) is 2.08. The largest absolute Gasteiger partial charge is 0.395 e. The van der Waals surface area contributed by atoms with Gasteiger partial charge in [0.2, 0.25) is 0 Å². The Morgan fingerprint density at radius 2 is 2.22 bits per heavy atom. The lowest BCUT2D eigenvalue weighted by Gasteiger charge is -2.14. The lowest BCUT2D eigenvalue weighted by atomic mass is 10.3. The Bertz CT molecular complexity index is 414. The molecule has 0 amide bonds. The van der Waals surface area contributed by atoms with Gasteiger partial charge in [-0.1, -0.05) is 19.6 Å². The molecule has 0 radical (unpaired) electrons. The van der Waals surface area contributed by atoms with Crippen molar-refractivity contribution in [3.05, 3.63) is 21.9 Å². The second-order valence-corrected chi connectivity index (χ2v) is 10.9. The van der Waals surface area contributed by atoms with Crippen molar-refractivity contribution in [2.45, 2.75) is 39.0 Å². The van der Waals surface area contributed by atoms with E-state index in [1.165, 1.54) is 10.9 Å². The van der Waals surface area contributed by atoms with Crippen molar-refractivity contribution in [1.29, 1.82) is 0 Å². The SMILES string of the molecule is C[Si](C)(C)CCOCn1cc(CO)c([N+](=O)[O-])n1. The number of nitrogens with zero attached hydrogens (tertiary/aromatic N) is 3. The fourth-order valence-electron chi connectivity index (χ4n) is 1.32. The number of hydrogen-bond acceptors (Lipinski definition) is 5. The lowest BCUT2D eigenvalue weighted by Crippen LogP contribution is -2.22. The first-order chi connectivity index (χ1) is 8.33. The molecule has 7 nitrogen and oxygen atoms in total. The highest BCUT2D eigenvalue weighted by atomic mass is 28.3. The van der Waals surface area contributed by atoms with Gasteiger partial charge >= 0.3 is 5.82 Å². The number of ether oxygens (including phenoxy) is 1. The topological polar surface area (TPSA) is 90.4 Å². The second kappa shape index (κ2) is 6.07. The average molecular weight is 273 g/mol. The minimum Gasteiger partial charge on any atom is -0.391 e. The fraction of sp³-hybridized carbons (Fsp3) is 0.700. The van der Waals surface area contributed by atoms with Crippen LogP contribution in [-0.4, -0.2) is 34.5 Å². The van der Waals surface area contributed by atoms with Gasteiger partial charge in [-0.25, -0.2) is 0 Å². The maximum Gasteiger partial charge on any atom is 0.395 e. The van der Waals surface area contributed by atoms with Crippen molar-refractivity contribution < 1.29 is 14.8 Å². The number of hydrogen-bond donors (Lipinski definition) is 1. The van der Waals surface area contributed by atoms with Gasteiger partial charge in [-0.2, -0.15) is 4.68 Å². The van der Waals surface area contributed by atoms with Crippen LogP contribution in [0.15, 0.2) is 6.20 Å². The molecule has 1 rings (SSSR count). The molecule has 0 saturated heterocycles. The Kier molecular flexibility index (Phi) is 5.00. The van der Waals surface area contributed by atoms with E-state index < -0.39 is 19.6 Å². The third-order valence-corrected chi connectivity index (χ3v) is 4.08. The van der Waals surface area contributed by atoms with Crippen LogP contribution in [0, 0.1) is 10.1 Å². The van der Waals surface area contributed by atoms with Crippen LogP contribution in [0.1, 0.15) is 5.56 Å². The van der Waals surface area contributed by atoms with Crippen LogP contribution < -0.4 is 0 Å². The van der Waals surface area contributed by atoms with Gasteiger partial charge in [0.25, 0.3) is 0 Å². The average Bonchev–Trinajstić information content (AvgIpc) is 2.66. The van der Waals surface area contributed by atoms with E-state index in [2.05, 4.69) is 24.7 Å². The summed E-state index contributed by atoms with van der Waals surface area (Å²) in [5.41, 5.74) is 0.203. The van der Waals surface area contributed by atoms with Crippen molar-refractivity contribution in [3.8, 4) is 0 Å². The smallest absolute Gasteiger partial charge is 0.391 e. The van der Waals surface area contributed by atoms with E-state index in [-0.39, 0.29) is 18.1 Å².